The van der Waals surface area contributed by atoms with E-state index in [1.54, 1.807) is 6.07 Å². The summed E-state index contributed by atoms with van der Waals surface area (Å²) in [7, 11) is 0. The van der Waals surface area contributed by atoms with Gasteiger partial charge in [-0.05, 0) is 81.6 Å². The van der Waals surface area contributed by atoms with Crippen LogP contribution in [0.15, 0.2) is 27.4 Å². The summed E-state index contributed by atoms with van der Waals surface area (Å²) in [5, 5.41) is 4.05. The smallest absolute Gasteiger partial charge is 0.339 e. The van der Waals surface area contributed by atoms with Crippen LogP contribution >= 0.6 is 0 Å². The second-order valence-electron chi connectivity index (χ2n) is 8.95. The number of hydrogen-bond acceptors (Lipinski definition) is 5. The molecule has 1 aromatic heterocycles. The first kappa shape index (κ1) is 19.6. The van der Waals surface area contributed by atoms with Gasteiger partial charge in [0.2, 0.25) is 0 Å². The minimum Gasteiger partial charge on any atom is -0.484 e. The lowest BCUT2D eigenvalue weighted by molar-refractivity contribution is -0.123. The molecule has 2 fully saturated rings. The van der Waals surface area contributed by atoms with Crippen LogP contribution in [0.5, 0.6) is 5.75 Å². The summed E-state index contributed by atoms with van der Waals surface area (Å²) in [6.45, 7) is 3.11. The van der Waals surface area contributed by atoms with E-state index < -0.39 is 0 Å². The van der Waals surface area contributed by atoms with Crippen LogP contribution < -0.4 is 15.7 Å². The third kappa shape index (κ3) is 3.85. The van der Waals surface area contributed by atoms with Gasteiger partial charge in [-0.15, -0.1) is 0 Å². The highest BCUT2D eigenvalue weighted by molar-refractivity contribution is 5.83. The van der Waals surface area contributed by atoms with E-state index in [1.807, 2.05) is 12.1 Å². The molecule has 0 saturated carbocycles. The molecular weight excluding hydrogens is 380 g/mol. The van der Waals surface area contributed by atoms with Gasteiger partial charge in [-0.2, -0.15) is 0 Å². The van der Waals surface area contributed by atoms with Gasteiger partial charge in [0, 0.05) is 29.6 Å². The molecule has 3 aliphatic rings. The third-order valence-corrected chi connectivity index (χ3v) is 7.11. The number of rotatable bonds is 5. The van der Waals surface area contributed by atoms with Gasteiger partial charge in [0.15, 0.2) is 6.61 Å². The van der Waals surface area contributed by atoms with E-state index in [0.717, 1.165) is 42.3 Å². The topological polar surface area (TPSA) is 71.8 Å². The van der Waals surface area contributed by atoms with Crippen molar-refractivity contribution in [3.05, 3.63) is 39.7 Å². The van der Waals surface area contributed by atoms with Crippen LogP contribution in [0.3, 0.4) is 0 Å². The molecule has 2 aromatic rings. The minimum absolute atomic E-state index is 0.0260. The Hall–Kier alpha value is -2.34. The van der Waals surface area contributed by atoms with Crippen LogP contribution in [0.4, 0.5) is 0 Å². The zero-order chi connectivity index (χ0) is 20.5. The van der Waals surface area contributed by atoms with Gasteiger partial charge in [-0.1, -0.05) is 6.42 Å². The molecule has 0 unspecified atom stereocenters. The highest BCUT2D eigenvalue weighted by Gasteiger charge is 2.32. The average molecular weight is 411 g/mol. The Morgan fingerprint density at radius 3 is 2.90 bits per heavy atom. The number of fused-ring (bicyclic) bond motifs is 4. The SMILES string of the molecule is O=C(COc1ccc2c3c(c(=O)oc2c1)CCC3)NC[C@@H]1CCCN2CCCC[C@@H]12. The molecule has 1 aromatic carbocycles. The van der Waals surface area contributed by atoms with E-state index in [1.165, 1.54) is 45.2 Å². The molecule has 3 heterocycles. The Bertz CT molecular complexity index is 997. The molecular formula is C24H30N2O4. The summed E-state index contributed by atoms with van der Waals surface area (Å²) in [5.74, 6) is 0.994. The number of aryl methyl sites for hydroxylation is 1. The van der Waals surface area contributed by atoms with E-state index in [4.69, 9.17) is 9.15 Å². The Morgan fingerprint density at radius 1 is 1.10 bits per heavy atom. The fourth-order valence-electron chi connectivity index (χ4n) is 5.61. The van der Waals surface area contributed by atoms with Crippen molar-refractivity contribution in [2.75, 3.05) is 26.2 Å². The standard InChI is InChI=1S/C24H30N2O4/c27-23(25-14-16-5-4-12-26-11-2-1-8-21(16)26)15-29-17-9-10-19-18-6-3-7-20(18)24(28)30-22(19)13-17/h9-10,13,16,21H,1-8,11-12,14-15H2,(H,25,27)/t16-,21-/m0/s1. The lowest BCUT2D eigenvalue weighted by Crippen LogP contribution is -2.51. The quantitative estimate of drug-likeness (QED) is 0.767. The highest BCUT2D eigenvalue weighted by Crippen LogP contribution is 2.31. The predicted molar refractivity (Wildman–Crippen MR) is 115 cm³/mol. The van der Waals surface area contributed by atoms with Crippen LogP contribution in [0.1, 0.15) is 49.7 Å². The van der Waals surface area contributed by atoms with Crippen molar-refractivity contribution < 1.29 is 13.9 Å². The largest absolute Gasteiger partial charge is 0.484 e. The maximum Gasteiger partial charge on any atom is 0.339 e. The Balaban J connectivity index is 1.18. The van der Waals surface area contributed by atoms with Crippen molar-refractivity contribution in [2.24, 2.45) is 5.92 Å². The Kier molecular flexibility index (Phi) is 5.50. The van der Waals surface area contributed by atoms with Crippen molar-refractivity contribution in [1.29, 1.82) is 0 Å². The molecule has 0 spiro atoms. The van der Waals surface area contributed by atoms with E-state index in [9.17, 15) is 9.59 Å². The normalized spacial score (nSPS) is 23.7. The molecule has 0 bridgehead atoms. The summed E-state index contributed by atoms with van der Waals surface area (Å²) < 4.78 is 11.2. The summed E-state index contributed by atoms with van der Waals surface area (Å²) in [5.41, 5.74) is 2.22. The molecule has 2 atom stereocenters. The van der Waals surface area contributed by atoms with Crippen LogP contribution in [-0.2, 0) is 17.6 Å². The summed E-state index contributed by atoms with van der Waals surface area (Å²) in [4.78, 5) is 27.1. The van der Waals surface area contributed by atoms with E-state index >= 15 is 0 Å². The molecule has 5 rings (SSSR count). The van der Waals surface area contributed by atoms with Gasteiger partial charge in [-0.25, -0.2) is 4.79 Å². The number of benzene rings is 1. The number of amides is 1. The zero-order valence-electron chi connectivity index (χ0n) is 17.5. The molecule has 2 aliphatic heterocycles. The van der Waals surface area contributed by atoms with Gasteiger partial charge < -0.3 is 19.4 Å². The number of piperidine rings is 2. The summed E-state index contributed by atoms with van der Waals surface area (Å²) in [6, 6.07) is 6.15. The fourth-order valence-corrected chi connectivity index (χ4v) is 5.61. The first-order chi connectivity index (χ1) is 14.7. The van der Waals surface area contributed by atoms with Gasteiger partial charge in [-0.3, -0.25) is 4.79 Å². The lowest BCUT2D eigenvalue weighted by Gasteiger charge is -2.44. The maximum absolute atomic E-state index is 12.4. The van der Waals surface area contributed by atoms with Crippen LogP contribution in [0, 0.1) is 5.92 Å². The predicted octanol–water partition coefficient (Wildman–Crippen LogP) is 3.04. The van der Waals surface area contributed by atoms with E-state index in [-0.39, 0.29) is 18.1 Å². The monoisotopic (exact) mass is 410 g/mol. The van der Waals surface area contributed by atoms with Crippen molar-refractivity contribution in [1.82, 2.24) is 10.2 Å². The fraction of sp³-hybridized carbons (Fsp3) is 0.583. The number of hydrogen-bond donors (Lipinski definition) is 1. The molecule has 30 heavy (non-hydrogen) atoms. The van der Waals surface area contributed by atoms with Crippen molar-refractivity contribution >= 4 is 16.9 Å². The van der Waals surface area contributed by atoms with Gasteiger partial charge in [0.1, 0.15) is 11.3 Å². The second kappa shape index (κ2) is 8.42. The number of carbonyl (C=O) groups excluding carboxylic acids is 1. The molecule has 160 valence electrons. The van der Waals surface area contributed by atoms with Crippen molar-refractivity contribution in [3.63, 3.8) is 0 Å². The van der Waals surface area contributed by atoms with E-state index in [0.29, 0.717) is 23.3 Å². The summed E-state index contributed by atoms with van der Waals surface area (Å²) in [6.07, 6.45) is 8.98. The van der Waals surface area contributed by atoms with Crippen LogP contribution in [-0.4, -0.2) is 43.1 Å². The number of nitrogens with zero attached hydrogens (tertiary/aromatic N) is 1. The molecule has 6 heteroatoms. The molecule has 6 nitrogen and oxygen atoms in total. The maximum atomic E-state index is 12.4. The zero-order valence-corrected chi connectivity index (χ0v) is 17.5. The van der Waals surface area contributed by atoms with Gasteiger partial charge in [0.25, 0.3) is 5.91 Å². The molecule has 2 saturated heterocycles. The molecule has 1 amide bonds. The minimum atomic E-state index is -0.242. The molecule has 1 N–H and O–H groups in total. The molecule has 0 radical (unpaired) electrons. The van der Waals surface area contributed by atoms with E-state index in [2.05, 4.69) is 10.2 Å². The average Bonchev–Trinajstić information content (AvgIpc) is 3.27. The Morgan fingerprint density at radius 2 is 1.97 bits per heavy atom. The van der Waals surface area contributed by atoms with Gasteiger partial charge in [0.05, 0.1) is 0 Å². The molecule has 1 aliphatic carbocycles. The van der Waals surface area contributed by atoms with Crippen LogP contribution in [0.25, 0.3) is 11.0 Å². The number of ether oxygens (including phenoxy) is 1. The number of carbonyl (C=O) groups is 1. The third-order valence-electron chi connectivity index (χ3n) is 7.11. The number of nitrogens with one attached hydrogen (secondary N) is 1. The highest BCUT2D eigenvalue weighted by atomic mass is 16.5. The summed E-state index contributed by atoms with van der Waals surface area (Å²) >= 11 is 0. The lowest BCUT2D eigenvalue weighted by atomic mass is 9.83. The van der Waals surface area contributed by atoms with Crippen molar-refractivity contribution in [2.45, 2.75) is 57.4 Å². The van der Waals surface area contributed by atoms with Crippen molar-refractivity contribution in [3.8, 4) is 5.75 Å². The van der Waals surface area contributed by atoms with Gasteiger partial charge >= 0.3 is 5.63 Å². The first-order valence-corrected chi connectivity index (χ1v) is 11.4. The Labute approximate surface area is 176 Å². The van der Waals surface area contributed by atoms with Crippen LogP contribution in [0.2, 0.25) is 0 Å². The first-order valence-electron chi connectivity index (χ1n) is 11.4. The second-order valence-corrected chi connectivity index (χ2v) is 8.95.